The van der Waals surface area contributed by atoms with E-state index in [1.54, 1.807) is 0 Å². The highest BCUT2D eigenvalue weighted by molar-refractivity contribution is 6.42. The highest BCUT2D eigenvalue weighted by atomic mass is 16.5. The average Bonchev–Trinajstić information content (AvgIpc) is 4.04. The maximum Gasteiger partial charge on any atom is 0.175 e. The lowest BCUT2D eigenvalue weighted by molar-refractivity contribution is 0.0974. The molecule has 0 radical (unpaired) electrons. The van der Waals surface area contributed by atoms with Gasteiger partial charge in [-0.25, -0.2) is 0 Å². The van der Waals surface area contributed by atoms with E-state index >= 15 is 4.79 Å². The fraction of sp³-hybridized carbons (Fsp3) is 0.0500. The van der Waals surface area contributed by atoms with Gasteiger partial charge < -0.3 is 13.6 Å². The number of hydrogen-bond donors (Lipinski definition) is 0. The molecule has 18 rings (SSSR count). The number of nitrogens with zero attached hydrogens (tertiary/aromatic N) is 1. The number of furan rings is 1. The Morgan fingerprint density at radius 1 is 0.438 bits per heavy atom. The highest BCUT2D eigenvalue weighted by Gasteiger charge is 2.51. The standard InChI is InChI=1S/C60H31NO3/c62-58-39-29-47-40(26-38(39)52-32-14-1-3-16-34(32)54(58)35-17-4-2-15-33(35)52)56-57-53(36-25-24-30-12-11-23-50-51(30)55(36)59(56)64-50)41-27-45-37(28-46(41)61(47)57)31-13-5-6-18-42(31)60(45)43-19-7-9-21-48(43)63-49-22-10-8-20-44(49)60/h1-29,52,54H. The Balaban J connectivity index is 1.08. The van der Waals surface area contributed by atoms with Gasteiger partial charge in [0.2, 0.25) is 0 Å². The molecular weight excluding hydrogens is 783 g/mol. The van der Waals surface area contributed by atoms with Crippen molar-refractivity contribution in [1.29, 1.82) is 0 Å². The van der Waals surface area contributed by atoms with Crippen LogP contribution in [0.2, 0.25) is 0 Å². The summed E-state index contributed by atoms with van der Waals surface area (Å²) >= 11 is 0. The van der Waals surface area contributed by atoms with Crippen molar-refractivity contribution in [3.8, 4) is 22.6 Å². The van der Waals surface area contributed by atoms with E-state index in [9.17, 15) is 0 Å². The zero-order valence-corrected chi connectivity index (χ0v) is 34.1. The maximum atomic E-state index is 15.4. The monoisotopic (exact) mass is 813 g/mol. The fourth-order valence-corrected chi connectivity index (χ4v) is 13.6. The first-order chi connectivity index (χ1) is 31.7. The number of aromatic nitrogens is 1. The van der Waals surface area contributed by atoms with Crippen LogP contribution in [-0.4, -0.2) is 10.2 Å². The number of Topliss-reactive ketones (excluding diaryl/α,β-unsaturated/α-hetero) is 1. The molecule has 0 unspecified atom stereocenters. The van der Waals surface area contributed by atoms with Crippen LogP contribution in [0, 0.1) is 0 Å². The molecule has 1 spiro atoms. The lowest BCUT2D eigenvalue weighted by Gasteiger charge is -2.39. The van der Waals surface area contributed by atoms with Gasteiger partial charge in [-0.1, -0.05) is 133 Å². The Kier molecular flexibility index (Phi) is 5.43. The largest absolute Gasteiger partial charge is 0.457 e. The number of ketones is 1. The minimum Gasteiger partial charge on any atom is -0.457 e. The quantitative estimate of drug-likeness (QED) is 0.143. The minimum absolute atomic E-state index is 0.0670. The van der Waals surface area contributed by atoms with Crippen molar-refractivity contribution < 1.29 is 13.9 Å². The summed E-state index contributed by atoms with van der Waals surface area (Å²) < 4.78 is 16.3. The van der Waals surface area contributed by atoms with Gasteiger partial charge >= 0.3 is 0 Å². The number of fused-ring (bicyclic) bond motifs is 17. The predicted molar refractivity (Wildman–Crippen MR) is 254 cm³/mol. The Labute approximate surface area is 364 Å². The Hall–Kier alpha value is -8.21. The van der Waals surface area contributed by atoms with Crippen LogP contribution < -0.4 is 4.74 Å². The van der Waals surface area contributed by atoms with Crippen LogP contribution in [0.15, 0.2) is 180 Å². The average molecular weight is 814 g/mol. The molecule has 4 nitrogen and oxygen atoms in total. The molecule has 0 fully saturated rings. The molecule has 0 saturated carbocycles. The molecule has 5 aliphatic rings. The Morgan fingerprint density at radius 3 is 1.80 bits per heavy atom. The van der Waals surface area contributed by atoms with E-state index in [0.717, 1.165) is 94.1 Å². The van der Waals surface area contributed by atoms with Gasteiger partial charge in [0.15, 0.2) is 5.78 Å². The predicted octanol–water partition coefficient (Wildman–Crippen LogP) is 14.6. The molecule has 4 heterocycles. The summed E-state index contributed by atoms with van der Waals surface area (Å²) in [6, 6.07) is 63.9. The van der Waals surface area contributed by atoms with Gasteiger partial charge in [0.25, 0.3) is 0 Å². The van der Waals surface area contributed by atoms with Crippen molar-refractivity contribution in [2.24, 2.45) is 0 Å². The van der Waals surface area contributed by atoms with Gasteiger partial charge in [-0.2, -0.15) is 0 Å². The molecule has 0 atom stereocenters. The number of ether oxygens (including phenoxy) is 1. The van der Waals surface area contributed by atoms with Crippen molar-refractivity contribution in [2.45, 2.75) is 17.3 Å². The smallest absolute Gasteiger partial charge is 0.175 e. The zero-order chi connectivity index (χ0) is 41.3. The lowest BCUT2D eigenvalue weighted by atomic mass is 9.66. The van der Waals surface area contributed by atoms with Crippen LogP contribution in [0.5, 0.6) is 11.5 Å². The molecule has 0 N–H and O–H groups in total. The Bertz CT molecular complexity index is 4240. The van der Waals surface area contributed by atoms with Crippen molar-refractivity contribution in [2.75, 3.05) is 0 Å². The molecule has 10 aromatic carbocycles. The second-order valence-corrected chi connectivity index (χ2v) is 18.5. The molecule has 294 valence electrons. The molecule has 64 heavy (non-hydrogen) atoms. The summed E-state index contributed by atoms with van der Waals surface area (Å²) in [5, 5.41) is 9.27. The van der Waals surface area contributed by atoms with Crippen LogP contribution in [0.3, 0.4) is 0 Å². The molecule has 2 bridgehead atoms. The van der Waals surface area contributed by atoms with Gasteiger partial charge in [0.05, 0.1) is 33.3 Å². The van der Waals surface area contributed by atoms with E-state index < -0.39 is 5.41 Å². The van der Waals surface area contributed by atoms with E-state index in [-0.39, 0.29) is 17.6 Å². The zero-order valence-electron chi connectivity index (χ0n) is 34.1. The second-order valence-electron chi connectivity index (χ2n) is 18.5. The summed E-state index contributed by atoms with van der Waals surface area (Å²) in [5.74, 6) is 1.49. The van der Waals surface area contributed by atoms with E-state index in [0.29, 0.717) is 0 Å². The number of carbonyl (C=O) groups is 1. The van der Waals surface area contributed by atoms with Crippen molar-refractivity contribution >= 4 is 76.6 Å². The molecule has 3 aromatic heterocycles. The normalized spacial score (nSPS) is 17.3. The first-order valence-electron chi connectivity index (χ1n) is 22.3. The van der Waals surface area contributed by atoms with Crippen molar-refractivity contribution in [3.63, 3.8) is 0 Å². The van der Waals surface area contributed by atoms with E-state index in [1.807, 2.05) is 0 Å². The first-order valence-corrected chi connectivity index (χ1v) is 22.3. The van der Waals surface area contributed by atoms with Crippen LogP contribution >= 0.6 is 0 Å². The van der Waals surface area contributed by atoms with Gasteiger partial charge in [0.1, 0.15) is 22.7 Å². The van der Waals surface area contributed by atoms with Gasteiger partial charge in [-0.15, -0.1) is 0 Å². The van der Waals surface area contributed by atoms with Crippen LogP contribution in [0.4, 0.5) is 0 Å². The summed E-state index contributed by atoms with van der Waals surface area (Å²) in [6.45, 7) is 0. The lowest BCUT2D eigenvalue weighted by Crippen LogP contribution is -2.32. The van der Waals surface area contributed by atoms with Crippen LogP contribution in [0.1, 0.15) is 72.3 Å². The van der Waals surface area contributed by atoms with Crippen LogP contribution in [0.25, 0.3) is 81.9 Å². The Morgan fingerprint density at radius 2 is 1.06 bits per heavy atom. The van der Waals surface area contributed by atoms with E-state index in [4.69, 9.17) is 9.15 Å². The molecule has 4 heteroatoms. The van der Waals surface area contributed by atoms with Gasteiger partial charge in [0, 0.05) is 49.5 Å². The third-order valence-electron chi connectivity index (χ3n) is 15.9. The first kappa shape index (κ1) is 32.5. The van der Waals surface area contributed by atoms with Crippen LogP contribution in [-0.2, 0) is 5.41 Å². The third-order valence-corrected chi connectivity index (χ3v) is 15.9. The SMILES string of the molecule is O=C1c2cc3c(cc2C2c4ccccc4C1c1ccccc12)c1c2oc4cccc5ccc(c2c54)c2c4cc5c(cc4n3c21)-c1ccccc1C51c2ccccc2Oc2ccccc21. The van der Waals surface area contributed by atoms with E-state index in [2.05, 4.69) is 180 Å². The summed E-state index contributed by atoms with van der Waals surface area (Å²) in [4.78, 5) is 15.4. The number of hydrogen-bond acceptors (Lipinski definition) is 3. The third kappa shape index (κ3) is 3.41. The second kappa shape index (κ2) is 10.7. The van der Waals surface area contributed by atoms with E-state index in [1.165, 1.54) is 54.9 Å². The number of para-hydroxylation sites is 2. The topological polar surface area (TPSA) is 43.9 Å². The number of benzene rings is 10. The highest BCUT2D eigenvalue weighted by Crippen LogP contribution is 2.64. The van der Waals surface area contributed by atoms with Gasteiger partial charge in [-0.3, -0.25) is 4.79 Å². The molecule has 4 aliphatic carbocycles. The summed E-state index contributed by atoms with van der Waals surface area (Å²) in [7, 11) is 0. The van der Waals surface area contributed by atoms with Crippen molar-refractivity contribution in [1.82, 2.24) is 4.40 Å². The number of rotatable bonds is 0. The van der Waals surface area contributed by atoms with Crippen molar-refractivity contribution in [3.05, 3.63) is 232 Å². The maximum absolute atomic E-state index is 15.4. The van der Waals surface area contributed by atoms with Gasteiger partial charge in [-0.05, 0) is 103 Å². The molecule has 0 saturated heterocycles. The molecule has 0 amide bonds. The fourth-order valence-electron chi connectivity index (χ4n) is 13.6. The molecule has 1 aliphatic heterocycles. The summed E-state index contributed by atoms with van der Waals surface area (Å²) in [6.07, 6.45) is 0. The number of carbonyl (C=O) groups excluding carboxylic acids is 1. The summed E-state index contributed by atoms with van der Waals surface area (Å²) in [5.41, 5.74) is 18.3. The molecule has 13 aromatic rings. The minimum atomic E-state index is -0.607. The molecular formula is C60H31NO3.